The van der Waals surface area contributed by atoms with Gasteiger partial charge in [-0.05, 0) is 27.2 Å². The second kappa shape index (κ2) is 5.94. The van der Waals surface area contributed by atoms with E-state index in [2.05, 4.69) is 5.32 Å². The first kappa shape index (κ1) is 12.4. The van der Waals surface area contributed by atoms with Gasteiger partial charge in [0, 0.05) is 13.2 Å². The molecule has 0 atom stereocenters. The summed E-state index contributed by atoms with van der Waals surface area (Å²) >= 11 is 0. The predicted octanol–water partition coefficient (Wildman–Crippen LogP) is 0.300. The molecule has 0 unspecified atom stereocenters. The summed E-state index contributed by atoms with van der Waals surface area (Å²) in [4.78, 5) is 11.0. The van der Waals surface area contributed by atoms with E-state index in [9.17, 15) is 4.79 Å². The third-order valence-electron chi connectivity index (χ3n) is 1.29. The molecule has 0 rings (SSSR count). The van der Waals surface area contributed by atoms with Crippen molar-refractivity contribution >= 4 is 5.91 Å². The molecule has 13 heavy (non-hydrogen) atoms. The van der Waals surface area contributed by atoms with Gasteiger partial charge < -0.3 is 15.2 Å². The van der Waals surface area contributed by atoms with Crippen molar-refractivity contribution < 1.29 is 14.6 Å². The van der Waals surface area contributed by atoms with Crippen molar-refractivity contribution in [2.24, 2.45) is 0 Å². The minimum atomic E-state index is -0.283. The third kappa shape index (κ3) is 9.30. The van der Waals surface area contributed by atoms with Gasteiger partial charge in [0.15, 0.2) is 0 Å². The van der Waals surface area contributed by atoms with Gasteiger partial charge in [-0.3, -0.25) is 4.79 Å². The number of nitrogens with one attached hydrogen (secondary N) is 1. The lowest BCUT2D eigenvalue weighted by Gasteiger charge is -2.18. The molecule has 0 aromatic rings. The van der Waals surface area contributed by atoms with Crippen molar-refractivity contribution in [3.05, 3.63) is 0 Å². The van der Waals surface area contributed by atoms with Crippen LogP contribution >= 0.6 is 0 Å². The number of hydrogen-bond donors (Lipinski definition) is 2. The average Bonchev–Trinajstić information content (AvgIpc) is 2.00. The van der Waals surface area contributed by atoms with Crippen LogP contribution in [0.1, 0.15) is 27.2 Å². The smallest absolute Gasteiger partial charge is 0.246 e. The molecule has 4 heteroatoms. The van der Waals surface area contributed by atoms with Crippen LogP contribution < -0.4 is 5.32 Å². The van der Waals surface area contributed by atoms with E-state index >= 15 is 0 Å². The maximum absolute atomic E-state index is 11.0. The largest absolute Gasteiger partial charge is 0.396 e. The Balaban J connectivity index is 3.41. The molecule has 1 amide bonds. The number of carbonyl (C=O) groups excluding carboxylic acids is 1. The van der Waals surface area contributed by atoms with Crippen LogP contribution in [0.2, 0.25) is 0 Å². The van der Waals surface area contributed by atoms with E-state index in [4.69, 9.17) is 9.84 Å². The molecule has 4 nitrogen and oxygen atoms in total. The molecule has 0 aromatic carbocycles. The molecule has 0 heterocycles. The molecule has 0 aliphatic heterocycles. The van der Waals surface area contributed by atoms with Gasteiger partial charge in [-0.15, -0.1) is 0 Å². The molecule has 0 radical (unpaired) electrons. The third-order valence-corrected chi connectivity index (χ3v) is 1.29. The topological polar surface area (TPSA) is 58.6 Å². The fourth-order valence-corrected chi connectivity index (χ4v) is 0.640. The summed E-state index contributed by atoms with van der Waals surface area (Å²) in [6, 6.07) is 0. The van der Waals surface area contributed by atoms with Crippen LogP contribution in [-0.2, 0) is 9.53 Å². The van der Waals surface area contributed by atoms with Gasteiger partial charge in [0.1, 0.15) is 6.61 Å². The average molecular weight is 189 g/mol. The Hall–Kier alpha value is -0.610. The Kier molecular flexibility index (Phi) is 5.66. The highest BCUT2D eigenvalue weighted by molar-refractivity contribution is 5.77. The van der Waals surface area contributed by atoms with Gasteiger partial charge in [-0.2, -0.15) is 0 Å². The van der Waals surface area contributed by atoms with Crippen molar-refractivity contribution in [1.29, 1.82) is 0 Å². The first-order chi connectivity index (χ1) is 5.95. The van der Waals surface area contributed by atoms with Gasteiger partial charge in [0.2, 0.25) is 5.91 Å². The number of aliphatic hydroxyl groups is 1. The monoisotopic (exact) mass is 189 g/mol. The van der Waals surface area contributed by atoms with E-state index in [0.29, 0.717) is 13.0 Å². The van der Waals surface area contributed by atoms with Crippen molar-refractivity contribution in [3.8, 4) is 0 Å². The highest BCUT2D eigenvalue weighted by Crippen LogP contribution is 2.05. The van der Waals surface area contributed by atoms with E-state index < -0.39 is 0 Å². The van der Waals surface area contributed by atoms with Crippen molar-refractivity contribution in [2.45, 2.75) is 32.8 Å². The Morgan fingerprint density at radius 3 is 2.54 bits per heavy atom. The Bertz CT molecular complexity index is 151. The first-order valence-corrected chi connectivity index (χ1v) is 4.47. The Morgan fingerprint density at radius 2 is 2.08 bits per heavy atom. The summed E-state index contributed by atoms with van der Waals surface area (Å²) in [6.45, 7) is 6.37. The number of rotatable bonds is 5. The molecule has 0 bridgehead atoms. The standard InChI is InChI=1S/C9H19NO3/c1-9(2,3)13-7-8(12)10-5-4-6-11/h11H,4-7H2,1-3H3,(H,10,12). The quantitative estimate of drug-likeness (QED) is 0.611. The zero-order valence-electron chi connectivity index (χ0n) is 8.59. The second-order valence-electron chi connectivity index (χ2n) is 3.83. The maximum atomic E-state index is 11.0. The first-order valence-electron chi connectivity index (χ1n) is 4.47. The minimum Gasteiger partial charge on any atom is -0.396 e. The summed E-state index contributed by atoms with van der Waals surface area (Å²) in [6.07, 6.45) is 0.585. The van der Waals surface area contributed by atoms with Crippen molar-refractivity contribution in [2.75, 3.05) is 19.8 Å². The summed E-state index contributed by atoms with van der Waals surface area (Å²) in [5.41, 5.74) is -0.283. The van der Waals surface area contributed by atoms with Crippen LogP contribution in [0.25, 0.3) is 0 Å². The number of aliphatic hydroxyl groups excluding tert-OH is 1. The normalized spacial score (nSPS) is 11.4. The molecule has 0 aliphatic carbocycles. The molecule has 0 aromatic heterocycles. The van der Waals surface area contributed by atoms with Crippen LogP contribution in [-0.4, -0.2) is 36.4 Å². The van der Waals surface area contributed by atoms with Gasteiger partial charge in [0.05, 0.1) is 5.60 Å². The van der Waals surface area contributed by atoms with Crippen LogP contribution in [0.15, 0.2) is 0 Å². The fourth-order valence-electron chi connectivity index (χ4n) is 0.640. The van der Waals surface area contributed by atoms with Crippen LogP contribution in [0.5, 0.6) is 0 Å². The molecule has 0 saturated carbocycles. The Morgan fingerprint density at radius 1 is 1.46 bits per heavy atom. The van der Waals surface area contributed by atoms with E-state index in [1.165, 1.54) is 0 Å². The van der Waals surface area contributed by atoms with Gasteiger partial charge in [-0.25, -0.2) is 0 Å². The molecule has 0 saturated heterocycles. The lowest BCUT2D eigenvalue weighted by molar-refractivity contribution is -0.130. The zero-order valence-corrected chi connectivity index (χ0v) is 8.59. The highest BCUT2D eigenvalue weighted by Gasteiger charge is 2.12. The lowest BCUT2D eigenvalue weighted by atomic mass is 10.2. The Labute approximate surface area is 79.3 Å². The molecule has 0 aliphatic rings. The number of amides is 1. The summed E-state index contributed by atoms with van der Waals surface area (Å²) in [5, 5.41) is 11.1. The van der Waals surface area contributed by atoms with Crippen LogP contribution in [0.3, 0.4) is 0 Å². The van der Waals surface area contributed by atoms with Crippen LogP contribution in [0.4, 0.5) is 0 Å². The van der Waals surface area contributed by atoms with Gasteiger partial charge in [0.25, 0.3) is 0 Å². The van der Waals surface area contributed by atoms with E-state index in [0.717, 1.165) is 0 Å². The molecule has 2 N–H and O–H groups in total. The summed E-state index contributed by atoms with van der Waals surface area (Å²) in [5.74, 6) is -0.136. The maximum Gasteiger partial charge on any atom is 0.246 e. The molecule has 0 fully saturated rings. The fraction of sp³-hybridized carbons (Fsp3) is 0.889. The van der Waals surface area contributed by atoms with E-state index in [1.807, 2.05) is 20.8 Å². The van der Waals surface area contributed by atoms with Gasteiger partial charge >= 0.3 is 0 Å². The number of ether oxygens (including phenoxy) is 1. The summed E-state index contributed by atoms with van der Waals surface area (Å²) in [7, 11) is 0. The minimum absolute atomic E-state index is 0.0783. The van der Waals surface area contributed by atoms with Gasteiger partial charge in [-0.1, -0.05) is 0 Å². The molecule has 0 spiro atoms. The number of carbonyl (C=O) groups is 1. The lowest BCUT2D eigenvalue weighted by Crippen LogP contribution is -2.32. The number of hydrogen-bond acceptors (Lipinski definition) is 3. The van der Waals surface area contributed by atoms with Crippen molar-refractivity contribution in [3.63, 3.8) is 0 Å². The zero-order chi connectivity index (χ0) is 10.3. The highest BCUT2D eigenvalue weighted by atomic mass is 16.5. The molecular formula is C9H19NO3. The second-order valence-corrected chi connectivity index (χ2v) is 3.83. The molecular weight excluding hydrogens is 170 g/mol. The van der Waals surface area contributed by atoms with Crippen LogP contribution in [0, 0.1) is 0 Å². The summed E-state index contributed by atoms with van der Waals surface area (Å²) < 4.78 is 5.25. The van der Waals surface area contributed by atoms with Crippen molar-refractivity contribution in [1.82, 2.24) is 5.32 Å². The van der Waals surface area contributed by atoms with E-state index in [-0.39, 0.29) is 24.7 Å². The SMILES string of the molecule is CC(C)(C)OCC(=O)NCCCO. The molecule has 78 valence electrons. The van der Waals surface area contributed by atoms with E-state index in [1.54, 1.807) is 0 Å². The predicted molar refractivity (Wildman–Crippen MR) is 50.4 cm³/mol.